The van der Waals surface area contributed by atoms with Crippen LogP contribution in [0.25, 0.3) is 11.8 Å². The highest BCUT2D eigenvalue weighted by Crippen LogP contribution is 2.35. The predicted octanol–water partition coefficient (Wildman–Crippen LogP) is 4.27. The fourth-order valence-corrected chi connectivity index (χ4v) is 4.62. The molecule has 0 bridgehead atoms. The second-order valence-corrected chi connectivity index (χ2v) is 8.83. The molecule has 2 amide bonds. The van der Waals surface area contributed by atoms with Crippen molar-refractivity contribution in [1.82, 2.24) is 9.88 Å². The summed E-state index contributed by atoms with van der Waals surface area (Å²) in [5, 5.41) is 2.74. The number of fused-ring (bicyclic) bond motifs is 1. The first kappa shape index (κ1) is 21.9. The van der Waals surface area contributed by atoms with E-state index < -0.39 is 11.8 Å². The van der Waals surface area contributed by atoms with Crippen molar-refractivity contribution < 1.29 is 19.1 Å². The number of thiocarbonyl (C=S) groups is 1. The van der Waals surface area contributed by atoms with Crippen LogP contribution in [0.3, 0.4) is 0 Å². The third-order valence-electron chi connectivity index (χ3n) is 6.09. The summed E-state index contributed by atoms with van der Waals surface area (Å²) < 4.78 is 13.0. The van der Waals surface area contributed by atoms with E-state index in [0.29, 0.717) is 17.2 Å². The van der Waals surface area contributed by atoms with Gasteiger partial charge in [-0.25, -0.2) is 0 Å². The first-order chi connectivity index (χ1) is 16.2. The number of hydrogen-bond donors (Lipinski definition) is 1. The fraction of sp³-hybridized carbons (Fsp3) is 0.192. The number of amides is 2. The van der Waals surface area contributed by atoms with E-state index in [2.05, 4.69) is 5.32 Å². The summed E-state index contributed by atoms with van der Waals surface area (Å²) >= 11 is 5.36. The number of anilines is 1. The molecular formula is C26H23N3O4S. The second kappa shape index (κ2) is 8.14. The van der Waals surface area contributed by atoms with E-state index in [9.17, 15) is 9.59 Å². The van der Waals surface area contributed by atoms with Crippen LogP contribution in [-0.2, 0) is 9.59 Å². The minimum absolute atomic E-state index is 0.0282. The van der Waals surface area contributed by atoms with E-state index in [1.54, 1.807) is 6.08 Å². The maximum Gasteiger partial charge on any atom is 0.270 e. The van der Waals surface area contributed by atoms with Crippen LogP contribution in [0.15, 0.2) is 48.0 Å². The molecule has 172 valence electrons. The third kappa shape index (κ3) is 3.56. The van der Waals surface area contributed by atoms with Crippen LogP contribution >= 0.6 is 12.2 Å². The molecule has 0 spiro atoms. The van der Waals surface area contributed by atoms with Crippen LogP contribution in [0, 0.1) is 27.7 Å². The molecule has 0 radical (unpaired) electrons. The average molecular weight is 474 g/mol. The molecule has 0 unspecified atom stereocenters. The molecule has 8 heteroatoms. The van der Waals surface area contributed by atoms with Crippen molar-refractivity contribution in [2.45, 2.75) is 27.7 Å². The van der Waals surface area contributed by atoms with Gasteiger partial charge in [0.15, 0.2) is 16.6 Å². The number of carbonyl (C=O) groups is 2. The number of ether oxygens (including phenoxy) is 2. The van der Waals surface area contributed by atoms with E-state index in [0.717, 1.165) is 33.8 Å². The van der Waals surface area contributed by atoms with Gasteiger partial charge in [0.25, 0.3) is 11.8 Å². The monoisotopic (exact) mass is 473 g/mol. The molecule has 2 aliphatic rings. The van der Waals surface area contributed by atoms with E-state index in [1.807, 2.05) is 74.7 Å². The maximum atomic E-state index is 13.5. The number of carbonyl (C=O) groups excluding carboxylic acids is 2. The molecule has 1 aromatic heterocycles. The van der Waals surface area contributed by atoms with Crippen LogP contribution in [0.5, 0.6) is 11.5 Å². The molecule has 0 aliphatic carbocycles. The smallest absolute Gasteiger partial charge is 0.270 e. The number of nitrogens with zero attached hydrogens (tertiary/aromatic N) is 2. The van der Waals surface area contributed by atoms with Crippen LogP contribution in [0.4, 0.5) is 5.69 Å². The van der Waals surface area contributed by atoms with Crippen molar-refractivity contribution in [1.29, 1.82) is 0 Å². The third-order valence-corrected chi connectivity index (χ3v) is 6.38. The molecule has 0 atom stereocenters. The Morgan fingerprint density at radius 2 is 1.74 bits per heavy atom. The molecule has 1 fully saturated rings. The minimum atomic E-state index is -0.510. The molecule has 7 nitrogen and oxygen atoms in total. The Kier molecular flexibility index (Phi) is 5.25. The number of benzene rings is 2. The zero-order valence-electron chi connectivity index (χ0n) is 19.3. The van der Waals surface area contributed by atoms with Gasteiger partial charge in [-0.15, -0.1) is 0 Å². The standard InChI is InChI=1S/C26H23N3O4S/c1-14-5-6-15(2)21(9-14)29-25(31)20(24(30)27-26(29)34)11-18-10-16(3)28(17(18)4)19-7-8-22-23(12-19)33-13-32-22/h5-12H,13H2,1-4H3,(H,27,30,34)/b20-11+. The first-order valence-electron chi connectivity index (χ1n) is 10.8. The fourth-order valence-electron chi connectivity index (χ4n) is 4.35. The second-order valence-electron chi connectivity index (χ2n) is 8.45. The molecule has 0 saturated carbocycles. The SMILES string of the molecule is Cc1ccc(C)c(N2C(=O)/C(=C/c3cc(C)n(-c4ccc5c(c4)OCO5)c3C)C(=O)NC2=S)c1. The lowest BCUT2D eigenvalue weighted by atomic mass is 10.0. The van der Waals surface area contributed by atoms with Gasteiger partial charge in [-0.3, -0.25) is 19.8 Å². The van der Waals surface area contributed by atoms with Gasteiger partial charge in [0, 0.05) is 23.1 Å². The summed E-state index contributed by atoms with van der Waals surface area (Å²) in [4.78, 5) is 27.7. The number of hydrogen-bond acceptors (Lipinski definition) is 5. The Balaban J connectivity index is 1.56. The zero-order valence-corrected chi connectivity index (χ0v) is 20.1. The molecular weight excluding hydrogens is 450 g/mol. The van der Waals surface area contributed by atoms with Gasteiger partial charge in [-0.2, -0.15) is 0 Å². The summed E-state index contributed by atoms with van der Waals surface area (Å²) in [5.74, 6) is 0.435. The molecule has 34 heavy (non-hydrogen) atoms. The summed E-state index contributed by atoms with van der Waals surface area (Å²) in [6.07, 6.45) is 1.63. The molecule has 1 N–H and O–H groups in total. The highest BCUT2D eigenvalue weighted by atomic mass is 32.1. The van der Waals surface area contributed by atoms with Crippen molar-refractivity contribution in [3.8, 4) is 17.2 Å². The van der Waals surface area contributed by atoms with Crippen molar-refractivity contribution in [3.63, 3.8) is 0 Å². The van der Waals surface area contributed by atoms with Crippen molar-refractivity contribution >= 4 is 40.9 Å². The lowest BCUT2D eigenvalue weighted by Crippen LogP contribution is -2.54. The summed E-state index contributed by atoms with van der Waals surface area (Å²) in [7, 11) is 0. The lowest BCUT2D eigenvalue weighted by molar-refractivity contribution is -0.122. The van der Waals surface area contributed by atoms with Gasteiger partial charge < -0.3 is 14.0 Å². The number of aromatic nitrogens is 1. The van der Waals surface area contributed by atoms with Gasteiger partial charge in [0.2, 0.25) is 6.79 Å². The molecule has 2 aromatic carbocycles. The molecule has 1 saturated heterocycles. The van der Waals surface area contributed by atoms with Gasteiger partial charge in [-0.1, -0.05) is 12.1 Å². The Morgan fingerprint density at radius 1 is 0.971 bits per heavy atom. The maximum absolute atomic E-state index is 13.5. The lowest BCUT2D eigenvalue weighted by Gasteiger charge is -2.30. The Labute approximate surface area is 202 Å². The van der Waals surface area contributed by atoms with Gasteiger partial charge in [0.1, 0.15) is 5.57 Å². The minimum Gasteiger partial charge on any atom is -0.454 e. The normalized spacial score (nSPS) is 16.4. The number of rotatable bonds is 3. The van der Waals surface area contributed by atoms with Crippen LogP contribution in [0.1, 0.15) is 28.1 Å². The van der Waals surface area contributed by atoms with E-state index >= 15 is 0 Å². The average Bonchev–Trinajstić information content (AvgIpc) is 3.36. The van der Waals surface area contributed by atoms with Crippen molar-refractivity contribution in [2.24, 2.45) is 0 Å². The first-order valence-corrected chi connectivity index (χ1v) is 11.2. The highest BCUT2D eigenvalue weighted by Gasteiger charge is 2.35. The summed E-state index contributed by atoms with van der Waals surface area (Å²) in [5.41, 5.74) is 6.07. The molecule has 3 aromatic rings. The van der Waals surface area contributed by atoms with E-state index in [1.165, 1.54) is 4.90 Å². The van der Waals surface area contributed by atoms with Crippen molar-refractivity contribution in [3.05, 3.63) is 76.1 Å². The number of aryl methyl sites for hydroxylation is 3. The summed E-state index contributed by atoms with van der Waals surface area (Å²) in [6, 6.07) is 13.5. The largest absolute Gasteiger partial charge is 0.454 e. The molecule has 3 heterocycles. The predicted molar refractivity (Wildman–Crippen MR) is 133 cm³/mol. The Hall–Kier alpha value is -3.91. The zero-order chi connectivity index (χ0) is 24.1. The van der Waals surface area contributed by atoms with Gasteiger partial charge in [-0.05, 0) is 86.9 Å². The summed E-state index contributed by atoms with van der Waals surface area (Å²) in [6.45, 7) is 7.97. The van der Waals surface area contributed by atoms with E-state index in [4.69, 9.17) is 21.7 Å². The van der Waals surface area contributed by atoms with Gasteiger partial charge in [0.05, 0.1) is 5.69 Å². The van der Waals surface area contributed by atoms with Crippen molar-refractivity contribution in [2.75, 3.05) is 11.7 Å². The topological polar surface area (TPSA) is 72.8 Å². The highest BCUT2D eigenvalue weighted by molar-refractivity contribution is 7.80. The van der Waals surface area contributed by atoms with Crippen LogP contribution < -0.4 is 19.7 Å². The Bertz CT molecular complexity index is 1420. The molecule has 5 rings (SSSR count). The number of nitrogens with one attached hydrogen (secondary N) is 1. The quantitative estimate of drug-likeness (QED) is 0.349. The van der Waals surface area contributed by atoms with Crippen LogP contribution in [-0.4, -0.2) is 28.3 Å². The Morgan fingerprint density at radius 3 is 2.53 bits per heavy atom. The van der Waals surface area contributed by atoms with Gasteiger partial charge >= 0.3 is 0 Å². The van der Waals surface area contributed by atoms with E-state index in [-0.39, 0.29) is 17.5 Å². The molecule has 2 aliphatic heterocycles. The van der Waals surface area contributed by atoms with Crippen LogP contribution in [0.2, 0.25) is 0 Å².